The zero-order chi connectivity index (χ0) is 21.7. The molecule has 4 nitrogen and oxygen atoms in total. The SMILES string of the molecule is C=C(C)c1cccc(OC(=O)c2cccc(C(=O)Oc3cccc(C(=C)C)c3)c2)c1. The molecule has 0 heterocycles. The first-order chi connectivity index (χ1) is 14.3. The van der Waals surface area contributed by atoms with Gasteiger partial charge >= 0.3 is 11.9 Å². The highest BCUT2D eigenvalue weighted by molar-refractivity contribution is 5.96. The van der Waals surface area contributed by atoms with E-state index in [-0.39, 0.29) is 11.1 Å². The van der Waals surface area contributed by atoms with Crippen molar-refractivity contribution in [1.29, 1.82) is 0 Å². The number of carbonyl (C=O) groups is 2. The summed E-state index contributed by atoms with van der Waals surface area (Å²) in [6.45, 7) is 11.5. The molecule has 0 saturated heterocycles. The quantitative estimate of drug-likeness (QED) is 0.367. The number of rotatable bonds is 6. The summed E-state index contributed by atoms with van der Waals surface area (Å²) in [7, 11) is 0. The van der Waals surface area contributed by atoms with Crippen molar-refractivity contribution in [2.75, 3.05) is 0 Å². The smallest absolute Gasteiger partial charge is 0.343 e. The Bertz CT molecular complexity index is 1050. The van der Waals surface area contributed by atoms with Gasteiger partial charge in [-0.05, 0) is 67.4 Å². The minimum Gasteiger partial charge on any atom is -0.423 e. The summed E-state index contributed by atoms with van der Waals surface area (Å²) in [6.07, 6.45) is 0. The number of hydrogen-bond donors (Lipinski definition) is 0. The average molecular weight is 398 g/mol. The molecule has 0 aliphatic rings. The number of esters is 2. The lowest BCUT2D eigenvalue weighted by molar-refractivity contribution is 0.0734. The summed E-state index contributed by atoms with van der Waals surface area (Å²) < 4.78 is 10.9. The van der Waals surface area contributed by atoms with Gasteiger partial charge in [-0.1, -0.05) is 54.6 Å². The monoisotopic (exact) mass is 398 g/mol. The van der Waals surface area contributed by atoms with E-state index in [1.165, 1.54) is 6.07 Å². The van der Waals surface area contributed by atoms with Gasteiger partial charge in [0.1, 0.15) is 11.5 Å². The molecule has 3 aromatic carbocycles. The first kappa shape index (κ1) is 20.8. The summed E-state index contributed by atoms with van der Waals surface area (Å²) in [5, 5.41) is 0. The van der Waals surface area contributed by atoms with Crippen molar-refractivity contribution in [2.45, 2.75) is 13.8 Å². The van der Waals surface area contributed by atoms with Crippen LogP contribution in [0.25, 0.3) is 11.1 Å². The van der Waals surface area contributed by atoms with Gasteiger partial charge in [0.15, 0.2) is 0 Å². The average Bonchev–Trinajstić information content (AvgIpc) is 2.74. The van der Waals surface area contributed by atoms with E-state index in [4.69, 9.17) is 9.47 Å². The van der Waals surface area contributed by atoms with Gasteiger partial charge in [0.2, 0.25) is 0 Å². The Morgan fingerprint density at radius 2 is 0.967 bits per heavy atom. The molecule has 0 unspecified atom stereocenters. The van der Waals surface area contributed by atoms with Crippen LogP contribution in [0.4, 0.5) is 0 Å². The van der Waals surface area contributed by atoms with E-state index >= 15 is 0 Å². The van der Waals surface area contributed by atoms with E-state index < -0.39 is 11.9 Å². The van der Waals surface area contributed by atoms with Gasteiger partial charge in [-0.2, -0.15) is 0 Å². The van der Waals surface area contributed by atoms with Crippen molar-refractivity contribution in [3.05, 3.63) is 108 Å². The lowest BCUT2D eigenvalue weighted by atomic mass is 10.1. The molecule has 0 bridgehead atoms. The van der Waals surface area contributed by atoms with Crippen molar-refractivity contribution in [3.8, 4) is 11.5 Å². The summed E-state index contributed by atoms with van der Waals surface area (Å²) in [4.78, 5) is 25.1. The van der Waals surface area contributed by atoms with Gasteiger partial charge in [0, 0.05) is 0 Å². The van der Waals surface area contributed by atoms with Gasteiger partial charge in [0.25, 0.3) is 0 Å². The lowest BCUT2D eigenvalue weighted by Crippen LogP contribution is -2.12. The van der Waals surface area contributed by atoms with Crippen LogP contribution in [0.1, 0.15) is 45.7 Å². The van der Waals surface area contributed by atoms with E-state index in [2.05, 4.69) is 13.2 Å². The molecule has 0 atom stereocenters. The molecule has 30 heavy (non-hydrogen) atoms. The number of benzene rings is 3. The fourth-order valence-corrected chi connectivity index (χ4v) is 2.76. The maximum absolute atomic E-state index is 12.5. The second kappa shape index (κ2) is 9.05. The van der Waals surface area contributed by atoms with E-state index in [9.17, 15) is 9.59 Å². The number of ether oxygens (including phenoxy) is 2. The van der Waals surface area contributed by atoms with Gasteiger partial charge in [-0.25, -0.2) is 9.59 Å². The Kier molecular flexibility index (Phi) is 6.28. The third-order valence-electron chi connectivity index (χ3n) is 4.41. The second-order valence-electron chi connectivity index (χ2n) is 6.98. The number of allylic oxidation sites excluding steroid dienone is 2. The molecule has 0 fully saturated rings. The Balaban J connectivity index is 1.75. The molecule has 0 N–H and O–H groups in total. The predicted molar refractivity (Wildman–Crippen MR) is 119 cm³/mol. The summed E-state index contributed by atoms with van der Waals surface area (Å²) >= 11 is 0. The largest absolute Gasteiger partial charge is 0.423 e. The van der Waals surface area contributed by atoms with Crippen LogP contribution in [-0.2, 0) is 0 Å². The molecule has 0 aromatic heterocycles. The Morgan fingerprint density at radius 1 is 0.600 bits per heavy atom. The van der Waals surface area contributed by atoms with Crippen molar-refractivity contribution >= 4 is 23.1 Å². The zero-order valence-electron chi connectivity index (χ0n) is 17.0. The molecule has 3 rings (SSSR count). The van der Waals surface area contributed by atoms with E-state index in [1.807, 2.05) is 26.0 Å². The van der Waals surface area contributed by atoms with E-state index in [1.54, 1.807) is 54.6 Å². The van der Waals surface area contributed by atoms with E-state index in [0.29, 0.717) is 11.5 Å². The van der Waals surface area contributed by atoms with Gasteiger partial charge in [-0.3, -0.25) is 0 Å². The first-order valence-electron chi connectivity index (χ1n) is 9.40. The molecule has 4 heteroatoms. The van der Waals surface area contributed by atoms with Crippen LogP contribution >= 0.6 is 0 Å². The predicted octanol–water partition coefficient (Wildman–Crippen LogP) is 6.19. The van der Waals surface area contributed by atoms with Crippen molar-refractivity contribution < 1.29 is 19.1 Å². The van der Waals surface area contributed by atoms with Gasteiger partial charge in [0.05, 0.1) is 11.1 Å². The lowest BCUT2D eigenvalue weighted by Gasteiger charge is -2.09. The third kappa shape index (κ3) is 5.11. The molecule has 0 aliphatic heterocycles. The molecule has 0 spiro atoms. The van der Waals surface area contributed by atoms with Crippen molar-refractivity contribution in [2.24, 2.45) is 0 Å². The van der Waals surface area contributed by atoms with Gasteiger partial charge < -0.3 is 9.47 Å². The fourth-order valence-electron chi connectivity index (χ4n) is 2.76. The summed E-state index contributed by atoms with van der Waals surface area (Å²) in [6, 6.07) is 20.5. The molecular weight excluding hydrogens is 376 g/mol. The highest BCUT2D eigenvalue weighted by atomic mass is 16.5. The van der Waals surface area contributed by atoms with Crippen molar-refractivity contribution in [1.82, 2.24) is 0 Å². The normalized spacial score (nSPS) is 10.2. The Labute approximate surface area is 176 Å². The highest BCUT2D eigenvalue weighted by Crippen LogP contribution is 2.21. The number of hydrogen-bond acceptors (Lipinski definition) is 4. The van der Waals surface area contributed by atoms with Crippen LogP contribution in [0, 0.1) is 0 Å². The van der Waals surface area contributed by atoms with Crippen LogP contribution < -0.4 is 9.47 Å². The molecule has 0 radical (unpaired) electrons. The van der Waals surface area contributed by atoms with Gasteiger partial charge in [-0.15, -0.1) is 0 Å². The molecule has 150 valence electrons. The highest BCUT2D eigenvalue weighted by Gasteiger charge is 2.14. The molecule has 0 amide bonds. The minimum atomic E-state index is -0.562. The van der Waals surface area contributed by atoms with Crippen LogP contribution in [0.5, 0.6) is 11.5 Å². The Hall–Kier alpha value is -3.92. The van der Waals surface area contributed by atoms with Crippen LogP contribution in [-0.4, -0.2) is 11.9 Å². The van der Waals surface area contributed by atoms with Crippen LogP contribution in [0.15, 0.2) is 86.0 Å². The Morgan fingerprint density at radius 3 is 1.37 bits per heavy atom. The second-order valence-corrected chi connectivity index (χ2v) is 6.98. The van der Waals surface area contributed by atoms with Crippen LogP contribution in [0.3, 0.4) is 0 Å². The molecular formula is C26H22O4. The first-order valence-corrected chi connectivity index (χ1v) is 9.40. The van der Waals surface area contributed by atoms with Crippen molar-refractivity contribution in [3.63, 3.8) is 0 Å². The maximum atomic E-state index is 12.5. The summed E-state index contributed by atoms with van der Waals surface area (Å²) in [5.41, 5.74) is 4.01. The van der Waals surface area contributed by atoms with E-state index in [0.717, 1.165) is 22.3 Å². The third-order valence-corrected chi connectivity index (χ3v) is 4.41. The maximum Gasteiger partial charge on any atom is 0.343 e. The molecule has 0 saturated carbocycles. The topological polar surface area (TPSA) is 52.6 Å². The molecule has 3 aromatic rings. The summed E-state index contributed by atoms with van der Waals surface area (Å²) in [5.74, 6) is -0.309. The molecule has 0 aliphatic carbocycles. The minimum absolute atomic E-state index is 0.251. The zero-order valence-corrected chi connectivity index (χ0v) is 17.0. The standard InChI is InChI=1S/C26H22O4/c1-17(2)19-8-6-12-23(15-19)29-25(27)21-10-5-11-22(14-21)26(28)30-24-13-7-9-20(16-24)18(3)4/h5-16H,1,3H2,2,4H3. The number of carbonyl (C=O) groups excluding carboxylic acids is 2. The van der Waals surface area contributed by atoms with Crippen LogP contribution in [0.2, 0.25) is 0 Å². The fraction of sp³-hybridized carbons (Fsp3) is 0.0769.